The van der Waals surface area contributed by atoms with Gasteiger partial charge in [0, 0.05) is 24.2 Å². The Kier molecular flexibility index (Phi) is 2.51. The second kappa shape index (κ2) is 3.94. The van der Waals surface area contributed by atoms with Gasteiger partial charge in [0.25, 0.3) is 0 Å². The molecule has 1 atom stereocenters. The largest absolute Gasteiger partial charge is 0.290 e. The van der Waals surface area contributed by atoms with E-state index in [0.29, 0.717) is 17.9 Å². The van der Waals surface area contributed by atoms with Crippen molar-refractivity contribution in [1.82, 2.24) is 14.6 Å². The first-order valence-corrected chi connectivity index (χ1v) is 7.64. The summed E-state index contributed by atoms with van der Waals surface area (Å²) in [6, 6.07) is 2.90. The maximum absolute atomic E-state index is 11.6. The zero-order chi connectivity index (χ0) is 12.8. The normalized spacial score (nSPS) is 23.2. The van der Waals surface area contributed by atoms with Gasteiger partial charge in [0.05, 0.1) is 11.5 Å². The summed E-state index contributed by atoms with van der Waals surface area (Å²) in [4.78, 5) is 11.2. The molecule has 1 unspecified atom stereocenters. The maximum Gasteiger partial charge on any atom is 0.183 e. The van der Waals surface area contributed by atoms with Gasteiger partial charge in [0.2, 0.25) is 0 Å². The van der Waals surface area contributed by atoms with Crippen LogP contribution < -0.4 is 5.43 Å². The van der Waals surface area contributed by atoms with Crippen molar-refractivity contribution in [3.8, 4) is 0 Å². The van der Waals surface area contributed by atoms with E-state index in [4.69, 9.17) is 0 Å². The first-order valence-electron chi connectivity index (χ1n) is 5.82. The monoisotopic (exact) mass is 267 g/mol. The molecule has 7 heteroatoms. The van der Waals surface area contributed by atoms with Crippen LogP contribution in [0.5, 0.6) is 0 Å². The average Bonchev–Trinajstić information content (AvgIpc) is 2.70. The number of pyridine rings is 1. The predicted octanol–water partition coefficient (Wildman–Crippen LogP) is 0.315. The van der Waals surface area contributed by atoms with E-state index in [1.807, 2.05) is 0 Å². The van der Waals surface area contributed by atoms with Crippen molar-refractivity contribution in [3.05, 3.63) is 34.4 Å². The lowest BCUT2D eigenvalue weighted by Crippen LogP contribution is -2.25. The minimum absolute atomic E-state index is 0.0959. The Morgan fingerprint density at radius 3 is 3.06 bits per heavy atom. The topological polar surface area (TPSA) is 84.3 Å². The first kappa shape index (κ1) is 11.5. The van der Waals surface area contributed by atoms with Crippen LogP contribution in [0.3, 0.4) is 0 Å². The molecule has 1 fully saturated rings. The highest BCUT2D eigenvalue weighted by Crippen LogP contribution is 2.26. The minimum atomic E-state index is -2.96. The Bertz CT molecular complexity index is 744. The Morgan fingerprint density at radius 1 is 1.44 bits per heavy atom. The van der Waals surface area contributed by atoms with E-state index in [-0.39, 0.29) is 22.9 Å². The summed E-state index contributed by atoms with van der Waals surface area (Å²) < 4.78 is 25.1. The van der Waals surface area contributed by atoms with E-state index in [0.717, 1.165) is 6.42 Å². The number of aromatic amines is 1. The molecule has 96 valence electrons. The molecule has 1 aliphatic rings. The molecular weight excluding hydrogens is 254 g/mol. The van der Waals surface area contributed by atoms with E-state index >= 15 is 0 Å². The minimum Gasteiger partial charge on any atom is -0.290 e. The molecule has 1 aliphatic heterocycles. The summed E-state index contributed by atoms with van der Waals surface area (Å²) in [6.45, 7) is 0. The summed E-state index contributed by atoms with van der Waals surface area (Å²) in [5.41, 5.74) is 0.502. The molecule has 18 heavy (non-hydrogen) atoms. The molecule has 1 N–H and O–H groups in total. The van der Waals surface area contributed by atoms with Gasteiger partial charge in [-0.1, -0.05) is 0 Å². The van der Waals surface area contributed by atoms with Crippen molar-refractivity contribution in [2.75, 3.05) is 11.5 Å². The molecule has 2 aromatic heterocycles. The number of aromatic nitrogens is 3. The van der Waals surface area contributed by atoms with Gasteiger partial charge in [-0.25, -0.2) is 8.42 Å². The van der Waals surface area contributed by atoms with Gasteiger partial charge in [-0.15, -0.1) is 0 Å². The third-order valence-electron chi connectivity index (χ3n) is 3.29. The quantitative estimate of drug-likeness (QED) is 0.806. The SMILES string of the molecule is O=c1ccn2c(C3CCCS(=O)(=O)C3)n[nH]c2c1. The number of nitrogens with zero attached hydrogens (tertiary/aromatic N) is 2. The number of sulfone groups is 1. The van der Waals surface area contributed by atoms with Gasteiger partial charge in [-0.2, -0.15) is 5.10 Å². The highest BCUT2D eigenvalue weighted by atomic mass is 32.2. The molecule has 0 aromatic carbocycles. The average molecular weight is 267 g/mol. The number of rotatable bonds is 1. The van der Waals surface area contributed by atoms with Crippen LogP contribution in [0.2, 0.25) is 0 Å². The van der Waals surface area contributed by atoms with Crippen molar-refractivity contribution < 1.29 is 8.42 Å². The second-order valence-corrected chi connectivity index (χ2v) is 6.88. The number of hydrogen-bond acceptors (Lipinski definition) is 4. The molecule has 0 spiro atoms. The van der Waals surface area contributed by atoms with Gasteiger partial charge in [0.15, 0.2) is 15.3 Å². The number of H-pyrrole nitrogens is 1. The van der Waals surface area contributed by atoms with Crippen molar-refractivity contribution in [1.29, 1.82) is 0 Å². The van der Waals surface area contributed by atoms with Gasteiger partial charge in [-0.05, 0) is 12.8 Å². The number of hydrogen-bond donors (Lipinski definition) is 1. The highest BCUT2D eigenvalue weighted by molar-refractivity contribution is 7.91. The van der Waals surface area contributed by atoms with E-state index in [9.17, 15) is 13.2 Å². The summed E-state index contributed by atoms with van der Waals surface area (Å²) in [7, 11) is -2.96. The van der Waals surface area contributed by atoms with Crippen LogP contribution in [0, 0.1) is 0 Å². The molecule has 2 aromatic rings. The zero-order valence-corrected chi connectivity index (χ0v) is 10.5. The van der Waals surface area contributed by atoms with Gasteiger partial charge in [0.1, 0.15) is 11.5 Å². The molecule has 3 rings (SSSR count). The van der Waals surface area contributed by atoms with Crippen LogP contribution in [0.1, 0.15) is 24.6 Å². The molecule has 6 nitrogen and oxygen atoms in total. The van der Waals surface area contributed by atoms with Crippen LogP contribution >= 0.6 is 0 Å². The third kappa shape index (κ3) is 1.94. The van der Waals surface area contributed by atoms with E-state index in [1.165, 1.54) is 12.1 Å². The fourth-order valence-corrected chi connectivity index (χ4v) is 4.15. The van der Waals surface area contributed by atoms with Crippen LogP contribution in [-0.4, -0.2) is 34.5 Å². The van der Waals surface area contributed by atoms with Crippen LogP contribution in [-0.2, 0) is 9.84 Å². The third-order valence-corrected chi connectivity index (χ3v) is 5.11. The van der Waals surface area contributed by atoms with Crippen molar-refractivity contribution >= 4 is 15.5 Å². The molecule has 3 heterocycles. The molecule has 0 amide bonds. The molecule has 0 saturated carbocycles. The van der Waals surface area contributed by atoms with Crippen molar-refractivity contribution in [2.24, 2.45) is 0 Å². The Balaban J connectivity index is 2.07. The van der Waals surface area contributed by atoms with Crippen LogP contribution in [0.15, 0.2) is 23.1 Å². The molecule has 0 aliphatic carbocycles. The Morgan fingerprint density at radius 2 is 2.28 bits per heavy atom. The van der Waals surface area contributed by atoms with Gasteiger partial charge >= 0.3 is 0 Å². The smallest absolute Gasteiger partial charge is 0.183 e. The van der Waals surface area contributed by atoms with E-state index in [1.54, 1.807) is 10.6 Å². The second-order valence-electron chi connectivity index (χ2n) is 4.65. The first-order chi connectivity index (χ1) is 8.55. The Hall–Kier alpha value is -1.63. The predicted molar refractivity (Wildman–Crippen MR) is 66.4 cm³/mol. The van der Waals surface area contributed by atoms with Gasteiger partial charge in [-0.3, -0.25) is 14.3 Å². The fourth-order valence-electron chi connectivity index (χ4n) is 2.45. The molecular formula is C11H13N3O3S. The molecule has 0 radical (unpaired) electrons. The van der Waals surface area contributed by atoms with Crippen LogP contribution in [0.4, 0.5) is 0 Å². The summed E-state index contributed by atoms with van der Waals surface area (Å²) in [5.74, 6) is 0.994. The lowest BCUT2D eigenvalue weighted by atomic mass is 10.1. The summed E-state index contributed by atoms with van der Waals surface area (Å²) in [6.07, 6.45) is 3.12. The molecule has 1 saturated heterocycles. The van der Waals surface area contributed by atoms with Crippen molar-refractivity contribution in [3.63, 3.8) is 0 Å². The van der Waals surface area contributed by atoms with E-state index in [2.05, 4.69) is 10.2 Å². The number of nitrogens with one attached hydrogen (secondary N) is 1. The summed E-state index contributed by atoms with van der Waals surface area (Å²) >= 11 is 0. The molecule has 0 bridgehead atoms. The lowest BCUT2D eigenvalue weighted by Gasteiger charge is -2.20. The maximum atomic E-state index is 11.6. The zero-order valence-electron chi connectivity index (χ0n) is 9.67. The van der Waals surface area contributed by atoms with Crippen molar-refractivity contribution in [2.45, 2.75) is 18.8 Å². The van der Waals surface area contributed by atoms with Crippen LogP contribution in [0.25, 0.3) is 5.65 Å². The highest BCUT2D eigenvalue weighted by Gasteiger charge is 2.28. The number of fused-ring (bicyclic) bond motifs is 1. The van der Waals surface area contributed by atoms with E-state index < -0.39 is 9.84 Å². The van der Waals surface area contributed by atoms with Gasteiger partial charge < -0.3 is 0 Å². The fraction of sp³-hybridized carbons (Fsp3) is 0.455. The standard InChI is InChI=1S/C11H13N3O3S/c15-9-3-4-14-10(6-9)12-13-11(14)8-2-1-5-18(16,17)7-8/h3-4,6,8,12H,1-2,5,7H2. The lowest BCUT2D eigenvalue weighted by molar-refractivity contribution is 0.541. The Labute approximate surface area is 104 Å². The summed E-state index contributed by atoms with van der Waals surface area (Å²) in [5, 5.41) is 6.93.